The highest BCUT2D eigenvalue weighted by atomic mass is 16.5. The fourth-order valence-electron chi connectivity index (χ4n) is 1.84. The van der Waals surface area contributed by atoms with Gasteiger partial charge in [0.15, 0.2) is 0 Å². The van der Waals surface area contributed by atoms with Crippen LogP contribution in [0.1, 0.15) is 31.4 Å². The molecular formula is C16H23NO2. The molecule has 19 heavy (non-hydrogen) atoms. The van der Waals surface area contributed by atoms with E-state index in [0.29, 0.717) is 6.04 Å². The van der Waals surface area contributed by atoms with Crippen molar-refractivity contribution >= 4 is 0 Å². The van der Waals surface area contributed by atoms with Crippen LogP contribution in [0.5, 0.6) is 5.75 Å². The first-order valence-electron chi connectivity index (χ1n) is 6.59. The van der Waals surface area contributed by atoms with E-state index in [0.717, 1.165) is 24.3 Å². The smallest absolute Gasteiger partial charge is 0.134 e. The Morgan fingerprint density at radius 2 is 2.16 bits per heavy atom. The lowest BCUT2D eigenvalue weighted by Gasteiger charge is -2.23. The summed E-state index contributed by atoms with van der Waals surface area (Å²) in [6, 6.07) is 6.57. The van der Waals surface area contributed by atoms with Gasteiger partial charge in [0.2, 0.25) is 0 Å². The number of hydrogen-bond acceptors (Lipinski definition) is 3. The highest BCUT2D eigenvalue weighted by Gasteiger charge is 2.09. The molecule has 0 saturated heterocycles. The first kappa shape index (κ1) is 15.6. The van der Waals surface area contributed by atoms with Crippen molar-refractivity contribution in [3.05, 3.63) is 29.3 Å². The molecule has 0 aliphatic heterocycles. The van der Waals surface area contributed by atoms with Gasteiger partial charge in [-0.15, -0.1) is 0 Å². The van der Waals surface area contributed by atoms with Crippen LogP contribution in [-0.2, 0) is 6.54 Å². The number of ether oxygens (including phenoxy) is 1. The van der Waals surface area contributed by atoms with Gasteiger partial charge in [-0.3, -0.25) is 4.90 Å². The van der Waals surface area contributed by atoms with Crippen molar-refractivity contribution in [1.82, 2.24) is 4.90 Å². The molecule has 1 atom stereocenters. The predicted molar refractivity (Wildman–Crippen MR) is 78.2 cm³/mol. The van der Waals surface area contributed by atoms with Gasteiger partial charge in [-0.2, -0.15) is 0 Å². The maximum Gasteiger partial charge on any atom is 0.134 e. The van der Waals surface area contributed by atoms with Crippen LogP contribution < -0.4 is 4.74 Å². The van der Waals surface area contributed by atoms with Crippen LogP contribution in [0.2, 0.25) is 0 Å². The third-order valence-electron chi connectivity index (χ3n) is 3.34. The lowest BCUT2D eigenvalue weighted by molar-refractivity contribution is 0.244. The molecule has 3 nitrogen and oxygen atoms in total. The van der Waals surface area contributed by atoms with E-state index in [2.05, 4.69) is 43.7 Å². The Balaban J connectivity index is 2.92. The molecule has 1 aromatic carbocycles. The van der Waals surface area contributed by atoms with E-state index in [1.807, 2.05) is 12.1 Å². The molecule has 104 valence electrons. The van der Waals surface area contributed by atoms with Gasteiger partial charge in [0, 0.05) is 12.6 Å². The maximum absolute atomic E-state index is 8.79. The first-order valence-corrected chi connectivity index (χ1v) is 6.59. The monoisotopic (exact) mass is 261 g/mol. The number of methoxy groups -OCH3 is 1. The van der Waals surface area contributed by atoms with Crippen LogP contribution in [0, 0.1) is 11.8 Å². The summed E-state index contributed by atoms with van der Waals surface area (Å²) < 4.78 is 5.27. The third kappa shape index (κ3) is 4.59. The van der Waals surface area contributed by atoms with Crippen LogP contribution in [0.3, 0.4) is 0 Å². The number of benzene rings is 1. The minimum atomic E-state index is -0.139. The zero-order valence-corrected chi connectivity index (χ0v) is 12.2. The van der Waals surface area contributed by atoms with Crippen molar-refractivity contribution in [3.8, 4) is 17.6 Å². The Bertz CT molecular complexity index is 460. The number of aliphatic hydroxyl groups is 1. The fourth-order valence-corrected chi connectivity index (χ4v) is 1.84. The van der Waals surface area contributed by atoms with Crippen molar-refractivity contribution < 1.29 is 9.84 Å². The normalized spacial score (nSPS) is 11.9. The van der Waals surface area contributed by atoms with Crippen molar-refractivity contribution in [2.45, 2.75) is 32.9 Å². The molecule has 1 N–H and O–H groups in total. The van der Waals surface area contributed by atoms with Crippen LogP contribution in [0.4, 0.5) is 0 Å². The third-order valence-corrected chi connectivity index (χ3v) is 3.34. The highest BCUT2D eigenvalue weighted by Crippen LogP contribution is 2.20. The van der Waals surface area contributed by atoms with E-state index in [9.17, 15) is 0 Å². The number of aliphatic hydroxyl groups excluding tert-OH is 1. The molecule has 1 rings (SSSR count). The lowest BCUT2D eigenvalue weighted by atomic mass is 10.1. The molecule has 0 amide bonds. The average molecular weight is 261 g/mol. The second-order valence-electron chi connectivity index (χ2n) is 4.67. The van der Waals surface area contributed by atoms with Gasteiger partial charge in [-0.05, 0) is 38.1 Å². The summed E-state index contributed by atoms with van der Waals surface area (Å²) in [5.41, 5.74) is 2.03. The van der Waals surface area contributed by atoms with E-state index < -0.39 is 0 Å². The van der Waals surface area contributed by atoms with Crippen LogP contribution in [0.15, 0.2) is 18.2 Å². The predicted octanol–water partition coefficient (Wildman–Crippen LogP) is 2.27. The number of hydrogen-bond donors (Lipinski definition) is 1. The van der Waals surface area contributed by atoms with Gasteiger partial charge in [0.05, 0.1) is 12.7 Å². The maximum atomic E-state index is 8.79. The summed E-state index contributed by atoms with van der Waals surface area (Å²) in [4.78, 5) is 2.31. The zero-order chi connectivity index (χ0) is 14.3. The van der Waals surface area contributed by atoms with Gasteiger partial charge in [-0.1, -0.05) is 24.8 Å². The molecule has 0 bridgehead atoms. The molecule has 3 heteroatoms. The lowest BCUT2D eigenvalue weighted by Crippen LogP contribution is -2.27. The molecule has 0 saturated carbocycles. The van der Waals surface area contributed by atoms with Crippen LogP contribution in [-0.4, -0.2) is 36.8 Å². The quantitative estimate of drug-likeness (QED) is 0.825. The summed E-state index contributed by atoms with van der Waals surface area (Å²) in [6.45, 7) is 5.15. The Morgan fingerprint density at radius 3 is 2.74 bits per heavy atom. The summed E-state index contributed by atoms with van der Waals surface area (Å²) in [7, 11) is 3.75. The zero-order valence-electron chi connectivity index (χ0n) is 12.2. The summed E-state index contributed by atoms with van der Waals surface area (Å²) >= 11 is 0. The molecule has 0 aromatic heterocycles. The molecular weight excluding hydrogens is 238 g/mol. The summed E-state index contributed by atoms with van der Waals surface area (Å²) in [5.74, 6) is 6.34. The Kier molecular flexibility index (Phi) is 6.41. The Morgan fingerprint density at radius 1 is 1.42 bits per heavy atom. The van der Waals surface area contributed by atoms with Gasteiger partial charge >= 0.3 is 0 Å². The van der Waals surface area contributed by atoms with Crippen LogP contribution in [0.25, 0.3) is 0 Å². The molecule has 1 aromatic rings. The molecule has 0 heterocycles. The van der Waals surface area contributed by atoms with Crippen molar-refractivity contribution in [1.29, 1.82) is 0 Å². The summed E-state index contributed by atoms with van der Waals surface area (Å²) in [6.07, 6.45) is 1.13. The standard InChI is InChI=1S/C16H23NO2/c1-5-13(2)17(3)12-14-8-9-16(19-4)15(11-14)7-6-10-18/h8-9,11,13,18H,5,10,12H2,1-4H3. The van der Waals surface area contributed by atoms with Crippen molar-refractivity contribution in [3.63, 3.8) is 0 Å². The molecule has 0 fully saturated rings. The van der Waals surface area contributed by atoms with Gasteiger partial charge in [-0.25, -0.2) is 0 Å². The average Bonchev–Trinajstić information content (AvgIpc) is 2.44. The molecule has 0 spiro atoms. The van der Waals surface area contributed by atoms with Crippen LogP contribution >= 0.6 is 0 Å². The topological polar surface area (TPSA) is 32.7 Å². The fraction of sp³-hybridized carbons (Fsp3) is 0.500. The Labute approximate surface area is 116 Å². The minimum Gasteiger partial charge on any atom is -0.495 e. The molecule has 0 radical (unpaired) electrons. The van der Waals surface area contributed by atoms with E-state index >= 15 is 0 Å². The van der Waals surface area contributed by atoms with E-state index in [1.54, 1.807) is 7.11 Å². The van der Waals surface area contributed by atoms with Gasteiger partial charge in [0.25, 0.3) is 0 Å². The van der Waals surface area contributed by atoms with Gasteiger partial charge < -0.3 is 9.84 Å². The number of rotatable bonds is 5. The largest absolute Gasteiger partial charge is 0.495 e. The van der Waals surface area contributed by atoms with E-state index in [1.165, 1.54) is 5.56 Å². The van der Waals surface area contributed by atoms with Gasteiger partial charge in [0.1, 0.15) is 12.4 Å². The van der Waals surface area contributed by atoms with E-state index in [4.69, 9.17) is 9.84 Å². The first-order chi connectivity index (χ1) is 9.12. The SMILES string of the molecule is CCC(C)N(C)Cc1ccc(OC)c(C#CCO)c1. The van der Waals surface area contributed by atoms with Crippen molar-refractivity contribution in [2.24, 2.45) is 0 Å². The molecule has 0 aliphatic carbocycles. The summed E-state index contributed by atoms with van der Waals surface area (Å²) in [5, 5.41) is 8.79. The number of nitrogens with zero attached hydrogens (tertiary/aromatic N) is 1. The van der Waals surface area contributed by atoms with E-state index in [-0.39, 0.29) is 6.61 Å². The second kappa shape index (κ2) is 7.83. The molecule has 0 aliphatic rings. The van der Waals surface area contributed by atoms with Crippen molar-refractivity contribution in [2.75, 3.05) is 20.8 Å². The highest BCUT2D eigenvalue weighted by molar-refractivity contribution is 5.48. The Hall–Kier alpha value is -1.50. The second-order valence-corrected chi connectivity index (χ2v) is 4.67. The molecule has 1 unspecified atom stereocenters. The minimum absolute atomic E-state index is 0.139.